The van der Waals surface area contributed by atoms with E-state index in [1.165, 1.54) is 219 Å². The van der Waals surface area contributed by atoms with Crippen LogP contribution >= 0.6 is 0 Å². The second-order valence-electron chi connectivity index (χ2n) is 14.0. The van der Waals surface area contributed by atoms with Crippen molar-refractivity contribution in [1.82, 2.24) is 4.90 Å². The number of amidine groups is 1. The highest BCUT2D eigenvalue weighted by Gasteiger charge is 2.26. The first-order chi connectivity index (χ1) is 22.4. The SMILES string of the molecule is CCCCCCCCCCCCCCCCCC1=[N+](C)CCN1CCCCCCCCCCCCCCCCC.COS(=O)(=O)[O-]. The molecule has 1 heterocycles. The summed E-state index contributed by atoms with van der Waals surface area (Å²) in [5.74, 6) is 1.65. The van der Waals surface area contributed by atoms with E-state index in [-0.39, 0.29) is 0 Å². The van der Waals surface area contributed by atoms with Crippen molar-refractivity contribution in [3.63, 3.8) is 0 Å². The lowest BCUT2D eigenvalue weighted by Crippen LogP contribution is -2.30. The fraction of sp³-hybridized carbons (Fsp3) is 0.974. The first-order valence-electron chi connectivity index (χ1n) is 20.2. The minimum Gasteiger partial charge on any atom is -0.726 e. The zero-order valence-corrected chi connectivity index (χ0v) is 32.3. The third-order valence-electron chi connectivity index (χ3n) is 9.75. The van der Waals surface area contributed by atoms with Crippen LogP contribution in [0.3, 0.4) is 0 Å². The topological polar surface area (TPSA) is 72.7 Å². The van der Waals surface area contributed by atoms with Gasteiger partial charge in [-0.1, -0.05) is 187 Å². The predicted molar refractivity (Wildman–Crippen MR) is 199 cm³/mol. The Balaban J connectivity index is 0.00000306. The summed E-state index contributed by atoms with van der Waals surface area (Å²) in [6.45, 7) is 8.43. The van der Waals surface area contributed by atoms with Crippen molar-refractivity contribution < 1.29 is 21.7 Å². The minimum atomic E-state index is -4.41. The van der Waals surface area contributed by atoms with E-state index in [1.54, 1.807) is 5.84 Å². The van der Waals surface area contributed by atoms with Gasteiger partial charge >= 0.3 is 0 Å². The molecule has 0 bridgehead atoms. The lowest BCUT2D eigenvalue weighted by Gasteiger charge is -2.13. The fourth-order valence-corrected chi connectivity index (χ4v) is 6.69. The largest absolute Gasteiger partial charge is 0.726 e. The van der Waals surface area contributed by atoms with E-state index in [0.717, 1.165) is 7.11 Å². The van der Waals surface area contributed by atoms with Gasteiger partial charge in [0.15, 0.2) is 0 Å². The summed E-state index contributed by atoms with van der Waals surface area (Å²) in [6, 6.07) is 0. The van der Waals surface area contributed by atoms with Crippen LogP contribution < -0.4 is 0 Å². The van der Waals surface area contributed by atoms with Crippen LogP contribution in [0.2, 0.25) is 0 Å². The average Bonchev–Trinajstić information content (AvgIpc) is 3.39. The van der Waals surface area contributed by atoms with E-state index in [2.05, 4.69) is 34.6 Å². The summed E-state index contributed by atoms with van der Waals surface area (Å²) in [5.41, 5.74) is 0. The maximum absolute atomic E-state index is 9.22. The lowest BCUT2D eigenvalue weighted by molar-refractivity contribution is -0.487. The van der Waals surface area contributed by atoms with E-state index in [9.17, 15) is 13.0 Å². The molecule has 46 heavy (non-hydrogen) atoms. The molecule has 0 saturated heterocycles. The summed E-state index contributed by atoms with van der Waals surface area (Å²) in [7, 11) is -1.28. The van der Waals surface area contributed by atoms with Crippen molar-refractivity contribution in [2.24, 2.45) is 0 Å². The van der Waals surface area contributed by atoms with Crippen molar-refractivity contribution in [2.45, 2.75) is 213 Å². The molecule has 6 nitrogen and oxygen atoms in total. The number of hydrogen-bond acceptors (Lipinski definition) is 5. The van der Waals surface area contributed by atoms with Crippen LogP contribution in [0.25, 0.3) is 0 Å². The molecule has 0 aromatic heterocycles. The van der Waals surface area contributed by atoms with Crippen LogP contribution in [0, 0.1) is 0 Å². The van der Waals surface area contributed by atoms with Crippen molar-refractivity contribution in [2.75, 3.05) is 33.8 Å². The molecule has 0 fully saturated rings. The van der Waals surface area contributed by atoms with Gasteiger partial charge in [-0.25, -0.2) is 8.42 Å². The Morgan fingerprint density at radius 3 is 1.15 bits per heavy atom. The Hall–Kier alpha value is -0.660. The monoisotopic (exact) mass is 673 g/mol. The van der Waals surface area contributed by atoms with E-state index in [1.807, 2.05) is 0 Å². The van der Waals surface area contributed by atoms with Crippen LogP contribution in [0.15, 0.2) is 0 Å². The van der Waals surface area contributed by atoms with Gasteiger partial charge in [0.2, 0.25) is 16.2 Å². The second-order valence-corrected chi connectivity index (χ2v) is 15.2. The maximum Gasteiger partial charge on any atom is 0.246 e. The highest BCUT2D eigenvalue weighted by molar-refractivity contribution is 7.80. The molecule has 0 amide bonds. The lowest BCUT2D eigenvalue weighted by atomic mass is 10.0. The van der Waals surface area contributed by atoms with Gasteiger partial charge in [0.25, 0.3) is 0 Å². The van der Waals surface area contributed by atoms with Crippen molar-refractivity contribution in [3.05, 3.63) is 0 Å². The summed E-state index contributed by atoms with van der Waals surface area (Å²) in [4.78, 5) is 2.73. The van der Waals surface area contributed by atoms with Gasteiger partial charge in [-0.2, -0.15) is 0 Å². The molecule has 1 aliphatic heterocycles. The minimum absolute atomic E-state index is 0.808. The number of nitrogens with zero attached hydrogens (tertiary/aromatic N) is 2. The Labute approximate surface area is 288 Å². The normalized spacial score (nSPS) is 13.5. The molecular weight excluding hydrogens is 593 g/mol. The summed E-state index contributed by atoms with van der Waals surface area (Å²) in [5, 5.41) is 0. The van der Waals surface area contributed by atoms with Crippen LogP contribution in [-0.2, 0) is 14.6 Å². The van der Waals surface area contributed by atoms with E-state index < -0.39 is 10.4 Å². The Morgan fingerprint density at radius 1 is 0.565 bits per heavy atom. The van der Waals surface area contributed by atoms with Gasteiger partial charge in [-0.05, 0) is 19.3 Å². The van der Waals surface area contributed by atoms with Gasteiger partial charge in [-0.15, -0.1) is 0 Å². The first-order valence-corrected chi connectivity index (χ1v) is 21.5. The van der Waals surface area contributed by atoms with Crippen LogP contribution in [0.4, 0.5) is 0 Å². The first kappa shape index (κ1) is 45.3. The van der Waals surface area contributed by atoms with Crippen LogP contribution in [-0.4, -0.2) is 62.1 Å². The number of hydrogen-bond donors (Lipinski definition) is 0. The molecular formula is C39H80N2O4S. The van der Waals surface area contributed by atoms with Crippen molar-refractivity contribution in [3.8, 4) is 0 Å². The van der Waals surface area contributed by atoms with Crippen molar-refractivity contribution >= 4 is 16.2 Å². The molecule has 276 valence electrons. The van der Waals surface area contributed by atoms with Crippen LogP contribution in [0.5, 0.6) is 0 Å². The van der Waals surface area contributed by atoms with Gasteiger partial charge in [0, 0.05) is 6.42 Å². The molecule has 0 spiro atoms. The number of likely N-dealkylation sites (N-methyl/N-ethyl adjacent to an activating group) is 1. The molecule has 0 N–H and O–H groups in total. The Morgan fingerprint density at radius 2 is 0.848 bits per heavy atom. The molecule has 1 aliphatic rings. The van der Waals surface area contributed by atoms with E-state index in [4.69, 9.17) is 0 Å². The Bertz CT molecular complexity index is 772. The predicted octanol–water partition coefficient (Wildman–Crippen LogP) is 11.6. The van der Waals surface area contributed by atoms with Gasteiger partial charge < -0.3 is 4.55 Å². The Kier molecular flexibility index (Phi) is 33.7. The number of unbranched alkanes of at least 4 members (excludes halogenated alkanes) is 28. The third kappa shape index (κ3) is 31.9. The van der Waals surface area contributed by atoms with Gasteiger partial charge in [-0.3, -0.25) is 13.7 Å². The molecule has 0 aliphatic carbocycles. The van der Waals surface area contributed by atoms with Crippen LogP contribution in [0.1, 0.15) is 213 Å². The van der Waals surface area contributed by atoms with E-state index >= 15 is 0 Å². The summed E-state index contributed by atoms with van der Waals surface area (Å²) < 4.78 is 33.6. The molecule has 0 radical (unpaired) electrons. The van der Waals surface area contributed by atoms with E-state index in [0.29, 0.717) is 0 Å². The smallest absolute Gasteiger partial charge is 0.246 e. The summed E-state index contributed by atoms with van der Waals surface area (Å²) in [6.07, 6.45) is 45.0. The van der Waals surface area contributed by atoms with Gasteiger partial charge in [0.05, 0.1) is 20.7 Å². The quantitative estimate of drug-likeness (QED) is 0.0300. The third-order valence-corrected chi connectivity index (χ3v) is 10.2. The summed E-state index contributed by atoms with van der Waals surface area (Å²) >= 11 is 0. The van der Waals surface area contributed by atoms with Gasteiger partial charge in [0.1, 0.15) is 13.1 Å². The molecule has 0 aromatic rings. The number of rotatable bonds is 33. The average molecular weight is 673 g/mol. The molecule has 0 aromatic carbocycles. The highest BCUT2D eigenvalue weighted by atomic mass is 32.3. The molecule has 0 saturated carbocycles. The molecule has 1 rings (SSSR count). The molecule has 0 atom stereocenters. The molecule has 7 heteroatoms. The molecule has 0 unspecified atom stereocenters. The maximum atomic E-state index is 9.22. The highest BCUT2D eigenvalue weighted by Crippen LogP contribution is 2.17. The zero-order valence-electron chi connectivity index (χ0n) is 31.5. The fourth-order valence-electron chi connectivity index (χ4n) is 6.69. The van der Waals surface area contributed by atoms with Crippen molar-refractivity contribution in [1.29, 1.82) is 0 Å². The second kappa shape index (κ2) is 34.2. The standard InChI is InChI=1S/C38H77N2.CH4O4S/c1-4-6-8-10-12-14-16-18-20-22-24-26-28-30-32-34-38-39(3)36-37-40(38)35-33-31-29-27-25-23-21-19-17-15-13-11-9-7-5-2;1-5-6(2,3)4/h4-37H2,1-3H3;1H3,(H,2,3,4)/q+1;/p-1. The zero-order chi connectivity index (χ0) is 34.0.